The van der Waals surface area contributed by atoms with Crippen LogP contribution in [0.1, 0.15) is 16.1 Å². The van der Waals surface area contributed by atoms with Crippen molar-refractivity contribution >= 4 is 37.6 Å². The molecule has 0 aliphatic carbocycles. The molecule has 0 amide bonds. The SMILES string of the molecule is Cc1nn(-c2ccc([O-])c(C(=O)[O-])c2)c([O-])c1N=Nc1cc(S(=O)(=O)O)cc(S(=O)(=O)O)c1[O-].[Cu+2].[Na+].[Na+].[Na+]. The summed E-state index contributed by atoms with van der Waals surface area (Å²) in [5.41, 5.74) is -2.50. The van der Waals surface area contributed by atoms with Gasteiger partial charge in [-0.2, -0.15) is 27.0 Å². The van der Waals surface area contributed by atoms with Crippen molar-refractivity contribution < 1.29 is 157 Å². The van der Waals surface area contributed by atoms with Gasteiger partial charge < -0.3 is 25.2 Å². The molecule has 0 atom stereocenters. The van der Waals surface area contributed by atoms with E-state index in [9.17, 15) is 42.1 Å². The third-order valence-corrected chi connectivity index (χ3v) is 5.95. The number of benzene rings is 2. The number of rotatable bonds is 6. The zero-order chi connectivity index (χ0) is 25.6. The number of hydrogen-bond acceptors (Lipinski definition) is 12. The van der Waals surface area contributed by atoms with Gasteiger partial charge in [0.1, 0.15) is 5.69 Å². The molecule has 0 saturated heterocycles. The van der Waals surface area contributed by atoms with Gasteiger partial charge in [-0.05, 0) is 36.8 Å². The van der Waals surface area contributed by atoms with Gasteiger partial charge in [0.05, 0.1) is 32.8 Å². The van der Waals surface area contributed by atoms with E-state index in [1.807, 2.05) is 0 Å². The van der Waals surface area contributed by atoms with E-state index in [0.29, 0.717) is 10.7 Å². The number of carboxylic acids is 1. The Kier molecular flexibility index (Phi) is 15.5. The van der Waals surface area contributed by atoms with E-state index >= 15 is 0 Å². The molecule has 0 spiro atoms. The Bertz CT molecular complexity index is 1600. The summed E-state index contributed by atoms with van der Waals surface area (Å²) in [6.45, 7) is 1.27. The topological polar surface area (TPSA) is 261 Å². The van der Waals surface area contributed by atoms with E-state index in [-0.39, 0.29) is 123 Å². The number of nitrogens with zero attached hydrogens (tertiary/aromatic N) is 4. The number of aromatic nitrogens is 2. The summed E-state index contributed by atoms with van der Waals surface area (Å²) in [6.07, 6.45) is 0. The molecule has 0 unspecified atom stereocenters. The van der Waals surface area contributed by atoms with Crippen molar-refractivity contribution in [2.24, 2.45) is 10.2 Å². The largest absolute Gasteiger partial charge is 2.00 e. The monoisotopic (exact) mass is 642 g/mol. The molecule has 2 N–H and O–H groups in total. The Balaban J connectivity index is 0. The minimum atomic E-state index is -5.23. The van der Waals surface area contributed by atoms with E-state index in [2.05, 4.69) is 15.3 Å². The third-order valence-electron chi connectivity index (χ3n) is 4.26. The van der Waals surface area contributed by atoms with Gasteiger partial charge in [-0.3, -0.25) is 9.11 Å². The summed E-state index contributed by atoms with van der Waals surface area (Å²) >= 11 is 0. The summed E-state index contributed by atoms with van der Waals surface area (Å²) in [6, 6.07) is 3.45. The van der Waals surface area contributed by atoms with Crippen LogP contribution >= 0.6 is 0 Å². The molecule has 1 aromatic heterocycles. The van der Waals surface area contributed by atoms with E-state index < -0.39 is 70.3 Å². The van der Waals surface area contributed by atoms with Gasteiger partial charge in [0.25, 0.3) is 20.2 Å². The Hall–Kier alpha value is -0.541. The first-order valence-corrected chi connectivity index (χ1v) is 11.5. The molecule has 3 rings (SSSR count). The maximum Gasteiger partial charge on any atom is 2.00 e. The van der Waals surface area contributed by atoms with Gasteiger partial charge in [0, 0.05) is 5.88 Å². The van der Waals surface area contributed by atoms with Gasteiger partial charge in [-0.25, -0.2) is 4.68 Å². The van der Waals surface area contributed by atoms with E-state index in [1.165, 1.54) is 6.92 Å². The number of aromatic carboxylic acids is 1. The first-order chi connectivity index (χ1) is 15.6. The molecule has 0 bridgehead atoms. The van der Waals surface area contributed by atoms with Crippen molar-refractivity contribution in [3.05, 3.63) is 41.6 Å². The molecule has 1 heterocycles. The summed E-state index contributed by atoms with van der Waals surface area (Å²) in [7, 11) is -10.3. The first kappa shape index (κ1) is 39.6. The Morgan fingerprint density at radius 3 is 2.03 bits per heavy atom. The Morgan fingerprint density at radius 1 is 0.947 bits per heavy atom. The number of hydrogen-bond donors (Lipinski definition) is 2. The number of carbonyl (C=O) groups is 1. The Morgan fingerprint density at radius 2 is 1.53 bits per heavy atom. The number of azo groups is 1. The number of carboxylic acid groups (broad SMARTS) is 1. The molecule has 0 aliphatic rings. The van der Waals surface area contributed by atoms with Crippen LogP contribution in [0, 0.1) is 6.92 Å². The zero-order valence-corrected chi connectivity index (χ0v) is 28.4. The zero-order valence-electron chi connectivity index (χ0n) is 19.9. The van der Waals surface area contributed by atoms with E-state index in [1.54, 1.807) is 0 Å². The molecule has 0 saturated carbocycles. The summed E-state index contributed by atoms with van der Waals surface area (Å²) in [5.74, 6) is -5.16. The molecule has 15 nitrogen and oxygen atoms in total. The van der Waals surface area contributed by atoms with Crippen molar-refractivity contribution in [3.8, 4) is 23.1 Å². The fourth-order valence-corrected chi connectivity index (χ4v) is 3.90. The van der Waals surface area contributed by atoms with Crippen LogP contribution in [-0.4, -0.2) is 41.7 Å². The molecular formula is C17H10CuN4Na3O11S2+. The van der Waals surface area contributed by atoms with Crippen LogP contribution in [0.4, 0.5) is 11.4 Å². The van der Waals surface area contributed by atoms with Crippen LogP contribution in [0.2, 0.25) is 0 Å². The fraction of sp³-hybridized carbons (Fsp3) is 0.0588. The van der Waals surface area contributed by atoms with Crippen molar-refractivity contribution in [3.63, 3.8) is 0 Å². The van der Waals surface area contributed by atoms with Gasteiger partial charge >= 0.3 is 106 Å². The molecule has 2 aromatic carbocycles. The van der Waals surface area contributed by atoms with Crippen LogP contribution in [0.25, 0.3) is 5.69 Å². The van der Waals surface area contributed by atoms with E-state index in [0.717, 1.165) is 18.2 Å². The maximum absolute atomic E-state index is 12.7. The van der Waals surface area contributed by atoms with Gasteiger partial charge in [0.2, 0.25) is 0 Å². The first-order valence-electron chi connectivity index (χ1n) is 8.62. The molecule has 38 heavy (non-hydrogen) atoms. The van der Waals surface area contributed by atoms with Crippen molar-refractivity contribution in [1.29, 1.82) is 0 Å². The smallest absolute Gasteiger partial charge is 0.872 e. The van der Waals surface area contributed by atoms with Gasteiger partial charge in [0.15, 0.2) is 0 Å². The minimum Gasteiger partial charge on any atom is -0.872 e. The second-order valence-corrected chi connectivity index (χ2v) is 9.35. The molecular weight excluding hydrogens is 633 g/mol. The second-order valence-electron chi connectivity index (χ2n) is 6.54. The minimum absolute atomic E-state index is 0. The average molecular weight is 643 g/mol. The quantitative estimate of drug-likeness (QED) is 0.144. The van der Waals surface area contributed by atoms with Gasteiger partial charge in [-0.1, -0.05) is 17.6 Å². The number of aryl methyl sites for hydroxylation is 1. The fourth-order valence-electron chi connectivity index (χ4n) is 2.68. The van der Waals surface area contributed by atoms with Crippen LogP contribution < -0.4 is 109 Å². The van der Waals surface area contributed by atoms with Crippen molar-refractivity contribution in [2.45, 2.75) is 16.7 Å². The Labute approximate surface area is 292 Å². The molecule has 3 aromatic rings. The standard InChI is InChI=1S/C17H14N4O11S2.Cu.3Na/c1-7-14(16(24)21(20-7)8-2-3-12(22)10(4-8)17(25)26)19-18-11-5-9(33(27,28)29)6-13(15(11)23)34(30,31)32;;;;/h2-6,22-24H,1H3,(H,25,26)(H,27,28,29)(H,30,31,32);;;;/q;+2;3*+1/p-4. The molecule has 189 valence electrons. The molecule has 0 fully saturated rings. The molecule has 0 aliphatic heterocycles. The van der Waals surface area contributed by atoms with Crippen LogP contribution in [0.5, 0.6) is 17.4 Å². The van der Waals surface area contributed by atoms with E-state index in [4.69, 9.17) is 9.11 Å². The molecule has 1 radical (unpaired) electrons. The summed E-state index contributed by atoms with van der Waals surface area (Å²) in [5, 5.41) is 58.3. The normalized spacial score (nSPS) is 11.0. The predicted molar refractivity (Wildman–Crippen MR) is 101 cm³/mol. The number of carbonyl (C=O) groups excluding carboxylic acids is 1. The van der Waals surface area contributed by atoms with Crippen molar-refractivity contribution in [2.75, 3.05) is 0 Å². The summed E-state index contributed by atoms with van der Waals surface area (Å²) < 4.78 is 64.6. The van der Waals surface area contributed by atoms with Crippen LogP contribution in [-0.2, 0) is 37.3 Å². The molecule has 21 heteroatoms. The maximum atomic E-state index is 12.7. The van der Waals surface area contributed by atoms with Crippen LogP contribution in [0.3, 0.4) is 0 Å². The predicted octanol–water partition coefficient (Wildman–Crippen LogP) is -10.3. The average Bonchev–Trinajstić information content (AvgIpc) is 2.99. The second kappa shape index (κ2) is 14.9. The van der Waals surface area contributed by atoms with Crippen molar-refractivity contribution in [1.82, 2.24) is 9.78 Å². The van der Waals surface area contributed by atoms with Crippen LogP contribution in [0.15, 0.2) is 50.4 Å². The third kappa shape index (κ3) is 8.73. The van der Waals surface area contributed by atoms with Gasteiger partial charge in [-0.15, -0.1) is 5.11 Å². The summed E-state index contributed by atoms with van der Waals surface area (Å²) in [4.78, 5) is 8.53.